The lowest BCUT2D eigenvalue weighted by atomic mass is 10.3. The molecule has 2 rings (SSSR count). The molecule has 1 fully saturated rings. The molecule has 0 spiro atoms. The van der Waals surface area contributed by atoms with Crippen LogP contribution in [0.4, 0.5) is 0 Å². The third-order valence-corrected chi connectivity index (χ3v) is 3.85. The van der Waals surface area contributed by atoms with E-state index in [1.54, 1.807) is 26.4 Å². The van der Waals surface area contributed by atoms with Crippen LogP contribution in [-0.2, 0) is 4.79 Å². The van der Waals surface area contributed by atoms with Gasteiger partial charge in [0.15, 0.2) is 0 Å². The maximum absolute atomic E-state index is 11.9. The van der Waals surface area contributed by atoms with E-state index >= 15 is 0 Å². The Balaban J connectivity index is 1.96. The number of likely N-dealkylation sites (N-methyl/N-ethyl adjacent to an activating group) is 1. The molecule has 0 aromatic carbocycles. The fraction of sp³-hybridized carbons (Fsp3) is 0.583. The number of hydrogen-bond acceptors (Lipinski definition) is 4. The van der Waals surface area contributed by atoms with E-state index in [1.165, 1.54) is 29.1 Å². The molecule has 98 valence electrons. The summed E-state index contributed by atoms with van der Waals surface area (Å²) in [6.07, 6.45) is 2.34. The average Bonchev–Trinajstić information content (AvgIpc) is 3.05. The molecule has 0 radical (unpaired) electrons. The average molecular weight is 267 g/mol. The minimum atomic E-state index is -0.529. The minimum Gasteiger partial charge on any atom is -0.347 e. The Morgan fingerprint density at radius 1 is 1.50 bits per heavy atom. The lowest BCUT2D eigenvalue weighted by Gasteiger charge is -2.17. The highest BCUT2D eigenvalue weighted by atomic mass is 32.1. The molecule has 2 amide bonds. The lowest BCUT2D eigenvalue weighted by molar-refractivity contribution is -0.130. The molecule has 0 bridgehead atoms. The van der Waals surface area contributed by atoms with Gasteiger partial charge in [0.25, 0.3) is 5.91 Å². The Morgan fingerprint density at radius 2 is 2.17 bits per heavy atom. The molecule has 1 aliphatic rings. The molecule has 1 aliphatic carbocycles. The van der Waals surface area contributed by atoms with Crippen molar-refractivity contribution in [3.05, 3.63) is 16.1 Å². The van der Waals surface area contributed by atoms with Crippen LogP contribution in [0, 0.1) is 0 Å². The Hall–Kier alpha value is -1.43. The first-order valence-electron chi connectivity index (χ1n) is 5.96. The van der Waals surface area contributed by atoms with Crippen molar-refractivity contribution in [2.45, 2.75) is 31.7 Å². The number of nitrogens with one attached hydrogen (secondary N) is 1. The van der Waals surface area contributed by atoms with Crippen LogP contribution in [0.2, 0.25) is 0 Å². The fourth-order valence-electron chi connectivity index (χ4n) is 1.63. The summed E-state index contributed by atoms with van der Waals surface area (Å²) in [5.74, 6) is 0.152. The van der Waals surface area contributed by atoms with Crippen molar-refractivity contribution >= 4 is 23.2 Å². The fourth-order valence-corrected chi connectivity index (χ4v) is 2.60. The van der Waals surface area contributed by atoms with Gasteiger partial charge in [-0.3, -0.25) is 9.59 Å². The van der Waals surface area contributed by atoms with Gasteiger partial charge in [-0.1, -0.05) is 0 Å². The number of carbonyl (C=O) groups is 2. The van der Waals surface area contributed by atoms with Crippen molar-refractivity contribution in [3.63, 3.8) is 0 Å². The van der Waals surface area contributed by atoms with Crippen LogP contribution in [0.5, 0.6) is 0 Å². The first-order chi connectivity index (χ1) is 8.49. The van der Waals surface area contributed by atoms with Gasteiger partial charge in [0.2, 0.25) is 5.91 Å². The van der Waals surface area contributed by atoms with Crippen molar-refractivity contribution < 1.29 is 9.59 Å². The number of thiazole rings is 1. The predicted octanol–water partition coefficient (Wildman–Crippen LogP) is 1.23. The van der Waals surface area contributed by atoms with Gasteiger partial charge in [-0.15, -0.1) is 11.3 Å². The second-order valence-electron chi connectivity index (χ2n) is 4.77. The molecule has 1 aromatic rings. The Labute approximate surface area is 110 Å². The largest absolute Gasteiger partial charge is 0.347 e. The summed E-state index contributed by atoms with van der Waals surface area (Å²) in [4.78, 5) is 29.3. The van der Waals surface area contributed by atoms with Crippen LogP contribution < -0.4 is 5.32 Å². The van der Waals surface area contributed by atoms with Crippen molar-refractivity contribution in [2.24, 2.45) is 0 Å². The quantitative estimate of drug-likeness (QED) is 0.892. The Bertz CT molecular complexity index is 466. The normalized spacial score (nSPS) is 16.2. The van der Waals surface area contributed by atoms with E-state index in [9.17, 15) is 9.59 Å². The lowest BCUT2D eigenvalue weighted by Crippen LogP contribution is -2.44. The van der Waals surface area contributed by atoms with Gasteiger partial charge in [-0.25, -0.2) is 4.98 Å². The van der Waals surface area contributed by atoms with E-state index in [4.69, 9.17) is 0 Å². The highest BCUT2D eigenvalue weighted by Gasteiger charge is 2.28. The molecular formula is C12H17N3O2S. The molecule has 0 aliphatic heterocycles. The van der Waals surface area contributed by atoms with Crippen LogP contribution >= 0.6 is 11.3 Å². The predicted molar refractivity (Wildman–Crippen MR) is 69.7 cm³/mol. The van der Waals surface area contributed by atoms with E-state index in [-0.39, 0.29) is 11.8 Å². The number of aromatic nitrogens is 1. The standard InChI is InChI=1S/C12H17N3O2S/c1-7(12(17)15(2)3)13-10(16)9-6-18-11(14-9)8-4-5-8/h6-8H,4-5H2,1-3H3,(H,13,16). The highest BCUT2D eigenvalue weighted by Crippen LogP contribution is 2.41. The first-order valence-corrected chi connectivity index (χ1v) is 6.84. The summed E-state index contributed by atoms with van der Waals surface area (Å²) >= 11 is 1.52. The number of rotatable bonds is 4. The number of hydrogen-bond donors (Lipinski definition) is 1. The third-order valence-electron chi connectivity index (χ3n) is 2.84. The zero-order chi connectivity index (χ0) is 13.3. The topological polar surface area (TPSA) is 62.3 Å². The van der Waals surface area contributed by atoms with Gasteiger partial charge in [-0.2, -0.15) is 0 Å². The van der Waals surface area contributed by atoms with Gasteiger partial charge in [0.1, 0.15) is 11.7 Å². The minimum absolute atomic E-state index is 0.124. The van der Waals surface area contributed by atoms with Crippen molar-refractivity contribution in [1.29, 1.82) is 0 Å². The van der Waals surface area contributed by atoms with Gasteiger partial charge < -0.3 is 10.2 Å². The molecule has 1 unspecified atom stereocenters. The molecule has 5 nitrogen and oxygen atoms in total. The maximum Gasteiger partial charge on any atom is 0.271 e. The summed E-state index contributed by atoms with van der Waals surface area (Å²) in [5, 5.41) is 5.46. The summed E-state index contributed by atoms with van der Waals surface area (Å²) in [6, 6.07) is -0.529. The van der Waals surface area contributed by atoms with Crippen LogP contribution in [-0.4, -0.2) is 41.8 Å². The van der Waals surface area contributed by atoms with E-state index < -0.39 is 6.04 Å². The summed E-state index contributed by atoms with van der Waals surface area (Å²) in [5.41, 5.74) is 0.417. The van der Waals surface area contributed by atoms with E-state index in [0.29, 0.717) is 11.6 Å². The number of nitrogens with zero attached hydrogens (tertiary/aromatic N) is 2. The molecular weight excluding hydrogens is 250 g/mol. The molecule has 6 heteroatoms. The molecule has 1 aromatic heterocycles. The van der Waals surface area contributed by atoms with Crippen molar-refractivity contribution in [3.8, 4) is 0 Å². The number of amides is 2. The van der Waals surface area contributed by atoms with Crippen molar-refractivity contribution in [1.82, 2.24) is 15.2 Å². The Kier molecular flexibility index (Phi) is 3.65. The van der Waals surface area contributed by atoms with E-state index in [2.05, 4.69) is 10.3 Å². The van der Waals surface area contributed by atoms with Crippen LogP contribution in [0.3, 0.4) is 0 Å². The molecule has 18 heavy (non-hydrogen) atoms. The molecule has 1 saturated carbocycles. The van der Waals surface area contributed by atoms with Gasteiger partial charge >= 0.3 is 0 Å². The zero-order valence-corrected chi connectivity index (χ0v) is 11.6. The summed E-state index contributed by atoms with van der Waals surface area (Å²) in [6.45, 7) is 1.68. The monoisotopic (exact) mass is 267 g/mol. The Morgan fingerprint density at radius 3 is 2.72 bits per heavy atom. The highest BCUT2D eigenvalue weighted by molar-refractivity contribution is 7.10. The second-order valence-corrected chi connectivity index (χ2v) is 5.66. The van der Waals surface area contributed by atoms with E-state index in [0.717, 1.165) is 5.01 Å². The van der Waals surface area contributed by atoms with Crippen LogP contribution in [0.25, 0.3) is 0 Å². The molecule has 0 saturated heterocycles. The van der Waals surface area contributed by atoms with Gasteiger partial charge in [0, 0.05) is 25.4 Å². The summed E-state index contributed by atoms with van der Waals surface area (Å²) < 4.78 is 0. The zero-order valence-electron chi connectivity index (χ0n) is 10.8. The molecule has 1 N–H and O–H groups in total. The first kappa shape index (κ1) is 13.0. The van der Waals surface area contributed by atoms with Crippen molar-refractivity contribution in [2.75, 3.05) is 14.1 Å². The molecule has 1 atom stereocenters. The molecule has 1 heterocycles. The second kappa shape index (κ2) is 5.06. The third kappa shape index (κ3) is 2.87. The smallest absolute Gasteiger partial charge is 0.271 e. The summed E-state index contributed by atoms with van der Waals surface area (Å²) in [7, 11) is 3.33. The SMILES string of the molecule is CC(NC(=O)c1csc(C2CC2)n1)C(=O)N(C)C. The van der Waals surface area contributed by atoms with Crippen LogP contribution in [0.1, 0.15) is 41.2 Å². The number of carbonyl (C=O) groups excluding carboxylic acids is 2. The van der Waals surface area contributed by atoms with E-state index in [1.807, 2.05) is 0 Å². The van der Waals surface area contributed by atoms with Crippen LogP contribution in [0.15, 0.2) is 5.38 Å². The maximum atomic E-state index is 11.9. The van der Waals surface area contributed by atoms with Gasteiger partial charge in [-0.05, 0) is 19.8 Å². The van der Waals surface area contributed by atoms with Gasteiger partial charge in [0.05, 0.1) is 5.01 Å².